The molecule has 146 valence electrons. The zero-order valence-corrected chi connectivity index (χ0v) is 15.6. The van der Waals surface area contributed by atoms with Gasteiger partial charge in [0.2, 0.25) is 11.7 Å². The van der Waals surface area contributed by atoms with Gasteiger partial charge in [-0.2, -0.15) is 0 Å². The molecular weight excluding hydrogens is 370 g/mol. The Bertz CT molecular complexity index is 1100. The van der Waals surface area contributed by atoms with E-state index < -0.39 is 5.72 Å². The second kappa shape index (κ2) is 5.87. The number of carbonyl (C=O) groups excluding carboxylic acids is 2. The molecule has 0 aliphatic carbocycles. The van der Waals surface area contributed by atoms with E-state index in [1.807, 2.05) is 41.4 Å². The third kappa shape index (κ3) is 2.23. The van der Waals surface area contributed by atoms with Crippen molar-refractivity contribution in [2.24, 2.45) is 0 Å². The van der Waals surface area contributed by atoms with Crippen molar-refractivity contribution in [3.05, 3.63) is 66.2 Å². The maximum absolute atomic E-state index is 13.2. The fourth-order valence-electron chi connectivity index (χ4n) is 5.09. The molecule has 5 heterocycles. The highest BCUT2D eigenvalue weighted by Gasteiger charge is 2.65. The summed E-state index contributed by atoms with van der Waals surface area (Å²) in [5.74, 6) is 0.337. The van der Waals surface area contributed by atoms with Crippen LogP contribution in [0.25, 0.3) is 5.78 Å². The molecule has 8 heteroatoms. The quantitative estimate of drug-likeness (QED) is 0.666. The number of hydrogen-bond acceptors (Lipinski definition) is 5. The Morgan fingerprint density at radius 3 is 2.90 bits per heavy atom. The molecule has 2 aromatic heterocycles. The summed E-state index contributed by atoms with van der Waals surface area (Å²) in [5, 5.41) is 0. The Balaban J connectivity index is 1.33. The summed E-state index contributed by atoms with van der Waals surface area (Å²) in [7, 11) is 0. The van der Waals surface area contributed by atoms with Gasteiger partial charge in [0.25, 0.3) is 5.91 Å². The van der Waals surface area contributed by atoms with Gasteiger partial charge in [-0.1, -0.05) is 30.3 Å². The lowest BCUT2D eigenvalue weighted by Gasteiger charge is -2.33. The van der Waals surface area contributed by atoms with E-state index >= 15 is 0 Å². The molecule has 3 aliphatic rings. The number of benzene rings is 1. The first-order chi connectivity index (χ1) is 14.2. The summed E-state index contributed by atoms with van der Waals surface area (Å²) in [6.07, 6.45) is 6.03. The van der Waals surface area contributed by atoms with Crippen LogP contribution >= 0.6 is 0 Å². The second-order valence-corrected chi connectivity index (χ2v) is 7.77. The van der Waals surface area contributed by atoms with Crippen LogP contribution in [0.4, 0.5) is 0 Å². The number of amides is 2. The molecule has 3 fully saturated rings. The van der Waals surface area contributed by atoms with Crippen molar-refractivity contribution in [2.45, 2.75) is 30.7 Å². The molecule has 3 aliphatic heterocycles. The Hall–Kier alpha value is -3.26. The standard InChI is InChI=1S/C21H19N5O3/c27-18-11-17-21(26(18)16(13-29-21)14-5-2-1-3-6-14)7-10-25(17)19(28)15-12-24-9-4-8-22-20(24)23-15/h1-6,8-9,12,16-17H,7,10-11,13H2/t16-,17+,21-/m0/s1. The van der Waals surface area contributed by atoms with Crippen molar-refractivity contribution in [1.29, 1.82) is 0 Å². The number of aromatic nitrogens is 3. The number of fused-ring (bicyclic) bond motifs is 1. The molecule has 0 saturated carbocycles. The summed E-state index contributed by atoms with van der Waals surface area (Å²) < 4.78 is 8.00. The van der Waals surface area contributed by atoms with Crippen LogP contribution in [0.2, 0.25) is 0 Å². The monoisotopic (exact) mass is 389 g/mol. The molecule has 3 atom stereocenters. The Kier molecular flexibility index (Phi) is 3.37. The molecule has 8 nitrogen and oxygen atoms in total. The SMILES string of the molecule is O=C(c1cn2cccnc2n1)N1CC[C@@]23OC[C@@H](c4ccccc4)N2C(=O)C[C@@H]13. The van der Waals surface area contributed by atoms with Crippen LogP contribution in [0.15, 0.2) is 55.0 Å². The molecule has 0 bridgehead atoms. The second-order valence-electron chi connectivity index (χ2n) is 7.77. The van der Waals surface area contributed by atoms with Gasteiger partial charge in [-0.05, 0) is 11.6 Å². The van der Waals surface area contributed by atoms with Gasteiger partial charge in [0.1, 0.15) is 5.69 Å². The van der Waals surface area contributed by atoms with Crippen molar-refractivity contribution in [3.8, 4) is 0 Å². The first kappa shape index (κ1) is 16.7. The third-order valence-corrected chi connectivity index (χ3v) is 6.35. The predicted molar refractivity (Wildman–Crippen MR) is 102 cm³/mol. The number of likely N-dealkylation sites (tertiary alicyclic amines) is 1. The third-order valence-electron chi connectivity index (χ3n) is 6.35. The predicted octanol–water partition coefficient (Wildman–Crippen LogP) is 1.64. The van der Waals surface area contributed by atoms with E-state index in [1.54, 1.807) is 27.8 Å². The Morgan fingerprint density at radius 2 is 2.07 bits per heavy atom. The lowest BCUT2D eigenvalue weighted by molar-refractivity contribution is -0.138. The Labute approximate surface area is 166 Å². The minimum atomic E-state index is -0.731. The molecule has 1 spiro atoms. The first-order valence-electron chi connectivity index (χ1n) is 9.79. The smallest absolute Gasteiger partial charge is 0.274 e. The van der Waals surface area contributed by atoms with Crippen LogP contribution in [-0.2, 0) is 9.53 Å². The highest BCUT2D eigenvalue weighted by atomic mass is 16.5. The number of imidazole rings is 1. The van der Waals surface area contributed by atoms with Gasteiger partial charge in [-0.15, -0.1) is 0 Å². The maximum Gasteiger partial charge on any atom is 0.274 e. The molecule has 0 N–H and O–H groups in total. The zero-order chi connectivity index (χ0) is 19.6. The number of ether oxygens (including phenoxy) is 1. The summed E-state index contributed by atoms with van der Waals surface area (Å²) >= 11 is 0. The highest BCUT2D eigenvalue weighted by Crippen LogP contribution is 2.51. The van der Waals surface area contributed by atoms with Gasteiger partial charge in [-0.3, -0.25) is 14.0 Å². The molecule has 3 saturated heterocycles. The highest BCUT2D eigenvalue weighted by molar-refractivity contribution is 5.94. The number of nitrogens with zero attached hydrogens (tertiary/aromatic N) is 5. The topological polar surface area (TPSA) is 80.0 Å². The Morgan fingerprint density at radius 1 is 1.21 bits per heavy atom. The van der Waals surface area contributed by atoms with E-state index in [2.05, 4.69) is 9.97 Å². The van der Waals surface area contributed by atoms with Crippen LogP contribution in [-0.4, -0.2) is 60.9 Å². The zero-order valence-electron chi connectivity index (χ0n) is 15.6. The molecule has 3 aromatic rings. The number of rotatable bonds is 2. The van der Waals surface area contributed by atoms with Crippen molar-refractivity contribution in [3.63, 3.8) is 0 Å². The van der Waals surface area contributed by atoms with Crippen LogP contribution in [0.3, 0.4) is 0 Å². The average molecular weight is 389 g/mol. The van der Waals surface area contributed by atoms with Gasteiger partial charge in [0, 0.05) is 31.6 Å². The molecular formula is C21H19N5O3. The van der Waals surface area contributed by atoms with Crippen LogP contribution < -0.4 is 0 Å². The summed E-state index contributed by atoms with van der Waals surface area (Å²) in [4.78, 5) is 38.4. The van der Waals surface area contributed by atoms with Gasteiger partial charge in [0.15, 0.2) is 5.72 Å². The van der Waals surface area contributed by atoms with Crippen LogP contribution in [0.1, 0.15) is 34.9 Å². The summed E-state index contributed by atoms with van der Waals surface area (Å²) in [6, 6.07) is 11.3. The van der Waals surface area contributed by atoms with E-state index in [0.29, 0.717) is 31.0 Å². The fourth-order valence-corrected chi connectivity index (χ4v) is 5.09. The molecule has 29 heavy (non-hydrogen) atoms. The average Bonchev–Trinajstić information content (AvgIpc) is 3.48. The van der Waals surface area contributed by atoms with Gasteiger partial charge in [-0.25, -0.2) is 9.97 Å². The largest absolute Gasteiger partial charge is 0.351 e. The minimum Gasteiger partial charge on any atom is -0.351 e. The van der Waals surface area contributed by atoms with Gasteiger partial charge >= 0.3 is 0 Å². The van der Waals surface area contributed by atoms with Crippen molar-refractivity contribution >= 4 is 17.6 Å². The van der Waals surface area contributed by atoms with E-state index in [1.165, 1.54) is 0 Å². The van der Waals surface area contributed by atoms with Crippen molar-refractivity contribution in [1.82, 2.24) is 24.2 Å². The minimum absolute atomic E-state index is 0.0375. The van der Waals surface area contributed by atoms with E-state index in [4.69, 9.17) is 4.74 Å². The number of hydrogen-bond donors (Lipinski definition) is 0. The molecule has 6 rings (SSSR count). The summed E-state index contributed by atoms with van der Waals surface area (Å²) in [6.45, 7) is 0.989. The summed E-state index contributed by atoms with van der Waals surface area (Å²) in [5.41, 5.74) is 0.670. The number of carbonyl (C=O) groups is 2. The van der Waals surface area contributed by atoms with Crippen molar-refractivity contribution < 1.29 is 14.3 Å². The first-order valence-corrected chi connectivity index (χ1v) is 9.79. The van der Waals surface area contributed by atoms with Gasteiger partial charge < -0.3 is 14.5 Å². The maximum atomic E-state index is 13.2. The van der Waals surface area contributed by atoms with Gasteiger partial charge in [0.05, 0.1) is 25.1 Å². The van der Waals surface area contributed by atoms with E-state index in [9.17, 15) is 9.59 Å². The van der Waals surface area contributed by atoms with E-state index in [-0.39, 0.29) is 30.3 Å². The fraction of sp³-hybridized carbons (Fsp3) is 0.333. The van der Waals surface area contributed by atoms with Crippen LogP contribution in [0, 0.1) is 0 Å². The molecule has 0 radical (unpaired) electrons. The lowest BCUT2D eigenvalue weighted by Crippen LogP contribution is -2.49. The van der Waals surface area contributed by atoms with Crippen LogP contribution in [0.5, 0.6) is 0 Å². The lowest BCUT2D eigenvalue weighted by atomic mass is 10.0. The molecule has 0 unspecified atom stereocenters. The van der Waals surface area contributed by atoms with Crippen molar-refractivity contribution in [2.75, 3.05) is 13.2 Å². The molecule has 2 amide bonds. The normalized spacial score (nSPS) is 28.2. The molecule has 1 aromatic carbocycles. The van der Waals surface area contributed by atoms with E-state index in [0.717, 1.165) is 5.56 Å².